The van der Waals surface area contributed by atoms with Crippen molar-refractivity contribution in [2.24, 2.45) is 0 Å². The Morgan fingerprint density at radius 3 is 2.15 bits per heavy atom. The summed E-state index contributed by atoms with van der Waals surface area (Å²) in [6.45, 7) is 5.54. The van der Waals surface area contributed by atoms with Crippen LogP contribution >= 0.6 is 0 Å². The summed E-state index contributed by atoms with van der Waals surface area (Å²) in [5.74, 6) is -1.24. The van der Waals surface area contributed by atoms with Crippen LogP contribution in [0.3, 0.4) is 0 Å². The first kappa shape index (κ1) is 29.7. The van der Waals surface area contributed by atoms with Gasteiger partial charge in [0.25, 0.3) is 0 Å². The van der Waals surface area contributed by atoms with Gasteiger partial charge in [-0.1, -0.05) is 42.5 Å². The number of carbonyl (C=O) groups excluding carboxylic acids is 2. The predicted molar refractivity (Wildman–Crippen MR) is 144 cm³/mol. The van der Waals surface area contributed by atoms with E-state index in [-0.39, 0.29) is 34.2 Å². The molecule has 3 aromatic carbocycles. The maximum Gasteiger partial charge on any atom is 0.410 e. The number of amides is 1. The second kappa shape index (κ2) is 12.3. The predicted octanol–water partition coefficient (Wildman–Crippen LogP) is 4.52. The van der Waals surface area contributed by atoms with Gasteiger partial charge in [-0.05, 0) is 68.7 Å². The number of phenols is 1. The third kappa shape index (κ3) is 7.81. The Morgan fingerprint density at radius 2 is 1.56 bits per heavy atom. The highest BCUT2D eigenvalue weighted by Crippen LogP contribution is 2.27. The van der Waals surface area contributed by atoms with Crippen LogP contribution in [0.4, 0.5) is 4.79 Å². The van der Waals surface area contributed by atoms with E-state index in [1.54, 1.807) is 57.2 Å². The van der Waals surface area contributed by atoms with E-state index in [1.165, 1.54) is 23.1 Å². The minimum atomic E-state index is -3.98. The summed E-state index contributed by atoms with van der Waals surface area (Å²) in [6, 6.07) is 18.6. The first-order chi connectivity index (χ1) is 18.3. The second-order valence-electron chi connectivity index (χ2n) is 9.92. The fourth-order valence-corrected chi connectivity index (χ4v) is 5.05. The highest BCUT2D eigenvalue weighted by atomic mass is 32.2. The summed E-state index contributed by atoms with van der Waals surface area (Å²) in [4.78, 5) is 26.0. The Hall–Kier alpha value is -3.89. The Morgan fingerprint density at radius 1 is 0.949 bits per heavy atom. The van der Waals surface area contributed by atoms with Crippen molar-refractivity contribution in [3.63, 3.8) is 0 Å². The van der Waals surface area contributed by atoms with Crippen LogP contribution < -0.4 is 0 Å². The minimum Gasteiger partial charge on any atom is -0.507 e. The normalized spacial score (nSPS) is 12.4. The molecule has 0 unspecified atom stereocenters. The quantitative estimate of drug-likeness (QED) is 0.369. The molecule has 0 spiro atoms. The molecule has 1 amide bonds. The van der Waals surface area contributed by atoms with Crippen LogP contribution in [0.5, 0.6) is 5.75 Å². The van der Waals surface area contributed by atoms with Crippen molar-refractivity contribution in [2.45, 2.75) is 48.7 Å². The molecule has 0 heterocycles. The number of phenolic OH excluding ortho intramolecular Hbond substituents is 1. The fraction of sp³-hybridized carbons (Fsp3) is 0.310. The fourth-order valence-electron chi connectivity index (χ4n) is 3.76. The summed E-state index contributed by atoms with van der Waals surface area (Å²) in [7, 11) is -2.85. The molecule has 0 radical (unpaired) electrons. The second-order valence-corrected chi connectivity index (χ2v) is 11.9. The van der Waals surface area contributed by atoms with Crippen LogP contribution in [-0.4, -0.2) is 61.4 Å². The van der Waals surface area contributed by atoms with Crippen molar-refractivity contribution in [1.29, 1.82) is 0 Å². The largest absolute Gasteiger partial charge is 0.507 e. The van der Waals surface area contributed by atoms with E-state index >= 15 is 0 Å². The smallest absolute Gasteiger partial charge is 0.410 e. The van der Waals surface area contributed by atoms with Crippen LogP contribution in [0.25, 0.3) is 0 Å². The number of ether oxygens (including phenoxy) is 2. The van der Waals surface area contributed by atoms with Gasteiger partial charge in [0.1, 0.15) is 16.9 Å². The topological polar surface area (TPSA) is 130 Å². The lowest BCUT2D eigenvalue weighted by molar-refractivity contribution is 0.0147. The van der Waals surface area contributed by atoms with E-state index in [0.29, 0.717) is 12.0 Å². The molecule has 39 heavy (non-hydrogen) atoms. The maximum atomic E-state index is 13.1. The van der Waals surface area contributed by atoms with Gasteiger partial charge in [-0.25, -0.2) is 18.0 Å². The number of rotatable bonds is 9. The molecule has 0 bridgehead atoms. The lowest BCUT2D eigenvalue weighted by atomic mass is 10.1. The van der Waals surface area contributed by atoms with E-state index in [0.717, 1.165) is 24.8 Å². The number of nitrogens with zero attached hydrogens (tertiary/aromatic N) is 1. The van der Waals surface area contributed by atoms with Crippen LogP contribution in [0.15, 0.2) is 82.6 Å². The first-order valence-corrected chi connectivity index (χ1v) is 13.8. The van der Waals surface area contributed by atoms with Gasteiger partial charge >= 0.3 is 12.1 Å². The first-order valence-electron chi connectivity index (χ1n) is 12.3. The Labute approximate surface area is 228 Å². The van der Waals surface area contributed by atoms with Gasteiger partial charge in [-0.2, -0.15) is 0 Å². The van der Waals surface area contributed by atoms with Crippen LogP contribution in [0, 0.1) is 0 Å². The summed E-state index contributed by atoms with van der Waals surface area (Å²) in [5, 5.41) is 20.6. The standard InChI is InChI=1S/C29H33NO8S/c1-29(2,3)38-28(34)30(19-26(32)21-8-6-5-7-9-21)17-16-20-10-12-22(13-11-20)39(35,36)23-14-15-25(31)24(18-23)27(33)37-4/h5-15,18,26,31-32H,16-17,19H2,1-4H3/t26-/m0/s1. The zero-order valence-corrected chi connectivity index (χ0v) is 23.1. The van der Waals surface area contributed by atoms with Crippen molar-refractivity contribution in [1.82, 2.24) is 4.90 Å². The van der Waals surface area contributed by atoms with Gasteiger partial charge in [-0.3, -0.25) is 0 Å². The summed E-state index contributed by atoms with van der Waals surface area (Å²) >= 11 is 0. The van der Waals surface area contributed by atoms with Crippen molar-refractivity contribution >= 4 is 21.9 Å². The van der Waals surface area contributed by atoms with Gasteiger partial charge in [0.05, 0.1) is 29.5 Å². The molecule has 1 atom stereocenters. The molecule has 0 aliphatic rings. The molecule has 0 aromatic heterocycles. The summed E-state index contributed by atoms with van der Waals surface area (Å²) < 4.78 is 36.4. The maximum absolute atomic E-state index is 13.1. The average molecular weight is 556 g/mol. The third-order valence-electron chi connectivity index (χ3n) is 5.82. The number of sulfone groups is 1. The molecule has 9 nitrogen and oxygen atoms in total. The molecule has 0 saturated heterocycles. The summed E-state index contributed by atoms with van der Waals surface area (Å²) in [5.41, 5.74) is 0.461. The van der Waals surface area contributed by atoms with Gasteiger partial charge in [-0.15, -0.1) is 0 Å². The molecule has 0 aliphatic heterocycles. The zero-order chi connectivity index (χ0) is 28.8. The van der Waals surface area contributed by atoms with E-state index < -0.39 is 33.6 Å². The molecule has 0 aliphatic carbocycles. The van der Waals surface area contributed by atoms with Crippen molar-refractivity contribution in [2.75, 3.05) is 20.2 Å². The number of hydrogen-bond acceptors (Lipinski definition) is 8. The molecule has 0 saturated carbocycles. The third-order valence-corrected chi connectivity index (χ3v) is 7.58. The van der Waals surface area contributed by atoms with Crippen LogP contribution in [-0.2, 0) is 25.7 Å². The van der Waals surface area contributed by atoms with E-state index in [4.69, 9.17) is 4.74 Å². The number of hydrogen-bond donors (Lipinski definition) is 2. The van der Waals surface area contributed by atoms with Gasteiger partial charge in [0.15, 0.2) is 0 Å². The molecular weight excluding hydrogens is 522 g/mol. The van der Waals surface area contributed by atoms with E-state index in [1.807, 2.05) is 6.07 Å². The number of esters is 1. The molecular formula is C29H33NO8S. The minimum absolute atomic E-state index is 0.00347. The molecule has 0 fully saturated rings. The number of benzene rings is 3. The highest BCUT2D eigenvalue weighted by molar-refractivity contribution is 7.91. The molecule has 208 valence electrons. The van der Waals surface area contributed by atoms with Gasteiger partial charge in [0, 0.05) is 6.54 Å². The Kier molecular flexibility index (Phi) is 9.36. The molecule has 10 heteroatoms. The highest BCUT2D eigenvalue weighted by Gasteiger charge is 2.25. The molecule has 2 N–H and O–H groups in total. The molecule has 3 rings (SSSR count). The van der Waals surface area contributed by atoms with Crippen molar-refractivity contribution in [3.05, 3.63) is 89.5 Å². The van der Waals surface area contributed by atoms with Gasteiger partial charge in [0.2, 0.25) is 9.84 Å². The summed E-state index contributed by atoms with van der Waals surface area (Å²) in [6.07, 6.45) is -1.09. The lowest BCUT2D eigenvalue weighted by Gasteiger charge is -2.29. The van der Waals surface area contributed by atoms with Gasteiger partial charge < -0.3 is 24.6 Å². The monoisotopic (exact) mass is 555 g/mol. The Bertz CT molecular complexity index is 1400. The van der Waals surface area contributed by atoms with Crippen molar-refractivity contribution < 1.29 is 37.7 Å². The van der Waals surface area contributed by atoms with E-state index in [2.05, 4.69) is 4.74 Å². The number of aliphatic hydroxyl groups is 1. The van der Waals surface area contributed by atoms with Crippen molar-refractivity contribution in [3.8, 4) is 5.75 Å². The number of aliphatic hydroxyl groups excluding tert-OH is 1. The molecule has 3 aromatic rings. The van der Waals surface area contributed by atoms with Crippen LogP contribution in [0.1, 0.15) is 48.4 Å². The Balaban J connectivity index is 1.76. The number of carbonyl (C=O) groups is 2. The zero-order valence-electron chi connectivity index (χ0n) is 22.3. The SMILES string of the molecule is COC(=O)c1cc(S(=O)(=O)c2ccc(CCN(C[C@H](O)c3ccccc3)C(=O)OC(C)(C)C)cc2)ccc1O. The average Bonchev–Trinajstić information content (AvgIpc) is 2.90. The number of methoxy groups -OCH3 is 1. The lowest BCUT2D eigenvalue weighted by Crippen LogP contribution is -2.40. The van der Waals surface area contributed by atoms with E-state index in [9.17, 15) is 28.2 Å². The number of aromatic hydroxyl groups is 1. The van der Waals surface area contributed by atoms with Crippen LogP contribution in [0.2, 0.25) is 0 Å².